The van der Waals surface area contributed by atoms with Crippen molar-refractivity contribution in [3.05, 3.63) is 0 Å². The Bertz CT molecular complexity index is 555. The van der Waals surface area contributed by atoms with Gasteiger partial charge in [0.2, 0.25) is 0 Å². The van der Waals surface area contributed by atoms with Crippen molar-refractivity contribution in [3.63, 3.8) is 0 Å². The van der Waals surface area contributed by atoms with Gasteiger partial charge in [-0.15, -0.1) is 0 Å². The topological polar surface area (TPSA) is 52.0 Å². The van der Waals surface area contributed by atoms with E-state index in [1.807, 2.05) is 0 Å². The van der Waals surface area contributed by atoms with Crippen molar-refractivity contribution in [3.8, 4) is 0 Å². The van der Waals surface area contributed by atoms with Gasteiger partial charge in [0.25, 0.3) is 0 Å². The second-order valence-corrected chi connectivity index (χ2v) is 11.6. The van der Waals surface area contributed by atoms with E-state index in [1.54, 1.807) is 0 Å². The lowest BCUT2D eigenvalue weighted by molar-refractivity contribution is -0.161. The molecule has 5 fully saturated rings. The molecular weight excluding hydrogens is 328 g/mol. The van der Waals surface area contributed by atoms with Gasteiger partial charge in [0.05, 0.1) is 0 Å². The standard InChI is InChI=1S/C25H46N2/c1-7-10-24(6)20-12-16(22(24)26)11-18(20)19-13-17-14(4)15(5)21(19)25(8-2,9-3)23(17)27/h14-23H,7-13,26-27H2,1-6H3/t14?,15?,16-,17?,18?,19?,20-,21?,22-,23+,24-/m0/s1. The fourth-order valence-electron chi connectivity index (χ4n) is 9.80. The first-order valence-corrected chi connectivity index (χ1v) is 12.3. The third-order valence-electron chi connectivity index (χ3n) is 11.3. The Balaban J connectivity index is 1.69. The molecule has 0 aliphatic heterocycles. The van der Waals surface area contributed by atoms with Gasteiger partial charge in [-0.05, 0) is 96.7 Å². The SMILES string of the molecule is CCC[C@@]1(C)[C@H]2C[C@H](CC2C2CC3C(C)C(C)C2C(CC)(CC)[C@@H]3N)[C@@H]1N. The van der Waals surface area contributed by atoms with E-state index in [2.05, 4.69) is 41.5 Å². The summed E-state index contributed by atoms with van der Waals surface area (Å²) in [4.78, 5) is 0. The highest BCUT2D eigenvalue weighted by atomic mass is 14.8. The molecule has 11 atom stereocenters. The Labute approximate surface area is 168 Å². The minimum Gasteiger partial charge on any atom is -0.327 e. The first kappa shape index (κ1) is 20.2. The van der Waals surface area contributed by atoms with Gasteiger partial charge < -0.3 is 11.5 Å². The molecule has 0 amide bonds. The lowest BCUT2D eigenvalue weighted by atomic mass is 9.40. The summed E-state index contributed by atoms with van der Waals surface area (Å²) in [5.74, 6) is 6.67. The Hall–Kier alpha value is -0.0800. The molecule has 6 unspecified atom stereocenters. The van der Waals surface area contributed by atoms with Crippen molar-refractivity contribution in [2.75, 3.05) is 0 Å². The molecule has 0 aromatic rings. The Kier molecular flexibility index (Phi) is 5.03. The molecule has 0 aromatic heterocycles. The maximum Gasteiger partial charge on any atom is 0.0129 e. The first-order chi connectivity index (χ1) is 12.8. The van der Waals surface area contributed by atoms with Crippen LogP contribution in [-0.2, 0) is 0 Å². The van der Waals surface area contributed by atoms with Gasteiger partial charge in [-0.3, -0.25) is 0 Å². The third-order valence-corrected chi connectivity index (χ3v) is 11.3. The molecule has 2 heteroatoms. The summed E-state index contributed by atoms with van der Waals surface area (Å²) in [5.41, 5.74) is 14.6. The molecule has 0 aromatic carbocycles. The van der Waals surface area contributed by atoms with Crippen LogP contribution in [0.4, 0.5) is 0 Å². The van der Waals surface area contributed by atoms with Gasteiger partial charge in [-0.2, -0.15) is 0 Å². The molecule has 4 N–H and O–H groups in total. The van der Waals surface area contributed by atoms with Gasteiger partial charge in [0.15, 0.2) is 0 Å². The lowest BCUT2D eigenvalue weighted by Crippen LogP contribution is -2.67. The zero-order chi connectivity index (χ0) is 19.7. The summed E-state index contributed by atoms with van der Waals surface area (Å²) in [6, 6.07) is 0.864. The average molecular weight is 375 g/mol. The van der Waals surface area contributed by atoms with Crippen LogP contribution in [0, 0.1) is 58.2 Å². The van der Waals surface area contributed by atoms with Crippen LogP contribution in [0.15, 0.2) is 0 Å². The molecule has 5 rings (SSSR count). The monoisotopic (exact) mass is 374 g/mol. The molecule has 27 heavy (non-hydrogen) atoms. The quantitative estimate of drug-likeness (QED) is 0.672. The van der Waals surface area contributed by atoms with Crippen LogP contribution in [0.1, 0.15) is 86.5 Å². The van der Waals surface area contributed by atoms with Gasteiger partial charge in [0, 0.05) is 12.1 Å². The van der Waals surface area contributed by atoms with Crippen molar-refractivity contribution in [2.45, 2.75) is 98.6 Å². The normalized spacial score (nSPS) is 56.0. The molecule has 5 aliphatic rings. The second kappa shape index (κ2) is 6.73. The molecule has 0 radical (unpaired) electrons. The Morgan fingerprint density at radius 2 is 1.48 bits per heavy atom. The summed E-state index contributed by atoms with van der Waals surface area (Å²) in [7, 11) is 0. The molecule has 2 nitrogen and oxygen atoms in total. The highest BCUT2D eigenvalue weighted by Crippen LogP contribution is 2.69. The van der Waals surface area contributed by atoms with Crippen LogP contribution in [-0.4, -0.2) is 12.1 Å². The lowest BCUT2D eigenvalue weighted by Gasteiger charge is -2.66. The maximum atomic E-state index is 7.01. The molecule has 4 bridgehead atoms. The highest BCUT2D eigenvalue weighted by molar-refractivity contribution is 5.16. The summed E-state index contributed by atoms with van der Waals surface area (Å²) in [6.07, 6.45) is 9.38. The van der Waals surface area contributed by atoms with E-state index in [0.717, 1.165) is 47.3 Å². The van der Waals surface area contributed by atoms with Gasteiger partial charge in [-0.25, -0.2) is 0 Å². The summed E-state index contributed by atoms with van der Waals surface area (Å²) < 4.78 is 0. The smallest absolute Gasteiger partial charge is 0.0129 e. The second-order valence-electron chi connectivity index (χ2n) is 11.6. The number of nitrogens with two attached hydrogens (primary N) is 2. The number of rotatable bonds is 5. The minimum atomic E-state index is 0.380. The van der Waals surface area contributed by atoms with Crippen LogP contribution in [0.2, 0.25) is 0 Å². The zero-order valence-electron chi connectivity index (χ0n) is 18.9. The van der Waals surface area contributed by atoms with E-state index < -0.39 is 0 Å². The molecule has 5 aliphatic carbocycles. The Morgan fingerprint density at radius 1 is 0.815 bits per heavy atom. The van der Waals surface area contributed by atoms with Gasteiger partial charge in [0.1, 0.15) is 0 Å². The fourth-order valence-corrected chi connectivity index (χ4v) is 9.80. The molecule has 0 spiro atoms. The Morgan fingerprint density at radius 3 is 2.04 bits per heavy atom. The van der Waals surface area contributed by atoms with Crippen molar-refractivity contribution in [1.82, 2.24) is 0 Å². The van der Waals surface area contributed by atoms with Crippen molar-refractivity contribution >= 4 is 0 Å². The minimum absolute atomic E-state index is 0.380. The molecule has 0 saturated heterocycles. The largest absolute Gasteiger partial charge is 0.327 e. The van der Waals surface area contributed by atoms with E-state index in [1.165, 1.54) is 44.9 Å². The predicted molar refractivity (Wildman–Crippen MR) is 115 cm³/mol. The predicted octanol–water partition coefficient (Wildman–Crippen LogP) is 5.45. The van der Waals surface area contributed by atoms with E-state index in [4.69, 9.17) is 11.5 Å². The molecular formula is C25H46N2. The first-order valence-electron chi connectivity index (χ1n) is 12.3. The van der Waals surface area contributed by atoms with Gasteiger partial charge >= 0.3 is 0 Å². The summed E-state index contributed by atoms with van der Waals surface area (Å²) in [5, 5.41) is 0. The van der Waals surface area contributed by atoms with E-state index in [9.17, 15) is 0 Å². The fraction of sp³-hybridized carbons (Fsp3) is 1.00. The van der Waals surface area contributed by atoms with Crippen LogP contribution >= 0.6 is 0 Å². The summed E-state index contributed by atoms with van der Waals surface area (Å²) in [6.45, 7) is 14.8. The van der Waals surface area contributed by atoms with Crippen LogP contribution in [0.25, 0.3) is 0 Å². The highest BCUT2D eigenvalue weighted by Gasteiger charge is 2.66. The van der Waals surface area contributed by atoms with E-state index in [0.29, 0.717) is 22.9 Å². The van der Waals surface area contributed by atoms with Crippen LogP contribution in [0.3, 0.4) is 0 Å². The van der Waals surface area contributed by atoms with Crippen molar-refractivity contribution in [2.24, 2.45) is 69.6 Å². The van der Waals surface area contributed by atoms with E-state index in [-0.39, 0.29) is 0 Å². The maximum absolute atomic E-state index is 7.01. The van der Waals surface area contributed by atoms with Crippen LogP contribution < -0.4 is 11.5 Å². The van der Waals surface area contributed by atoms with Crippen LogP contribution in [0.5, 0.6) is 0 Å². The zero-order valence-corrected chi connectivity index (χ0v) is 18.9. The molecule has 0 heterocycles. The average Bonchev–Trinajstić information content (AvgIpc) is 3.19. The van der Waals surface area contributed by atoms with Crippen molar-refractivity contribution < 1.29 is 0 Å². The van der Waals surface area contributed by atoms with Gasteiger partial charge in [-0.1, -0.05) is 48.0 Å². The van der Waals surface area contributed by atoms with Crippen molar-refractivity contribution in [1.29, 1.82) is 0 Å². The summed E-state index contributed by atoms with van der Waals surface area (Å²) >= 11 is 0. The molecule has 5 saturated carbocycles. The van der Waals surface area contributed by atoms with E-state index >= 15 is 0 Å². The third kappa shape index (κ3) is 2.44. The molecule has 156 valence electrons. The number of hydrogen-bond acceptors (Lipinski definition) is 2. The number of fused-ring (bicyclic) bond motifs is 5. The number of hydrogen-bond donors (Lipinski definition) is 2.